The lowest BCUT2D eigenvalue weighted by Crippen LogP contribution is -2.04. The standard InChI is InChI=1S/C15H13FN2O2/c1-8-6-12-13(18-15(20)17-12)7-10(8)14(19)9-4-2-3-5-11(9)16/h2-7,14,19H,1H3,(H2,17,18,20). The van der Waals surface area contributed by atoms with Gasteiger partial charge in [0.2, 0.25) is 0 Å². The first-order valence-electron chi connectivity index (χ1n) is 6.21. The molecule has 4 nitrogen and oxygen atoms in total. The second-order valence-corrected chi connectivity index (χ2v) is 4.76. The van der Waals surface area contributed by atoms with E-state index in [0.29, 0.717) is 16.6 Å². The van der Waals surface area contributed by atoms with Crippen molar-refractivity contribution in [1.29, 1.82) is 0 Å². The maximum atomic E-state index is 13.8. The summed E-state index contributed by atoms with van der Waals surface area (Å²) in [6.07, 6.45) is -1.07. The molecular weight excluding hydrogens is 259 g/mol. The molecule has 0 aliphatic rings. The van der Waals surface area contributed by atoms with E-state index in [9.17, 15) is 14.3 Å². The van der Waals surface area contributed by atoms with Gasteiger partial charge in [-0.05, 0) is 36.2 Å². The fourth-order valence-electron chi connectivity index (χ4n) is 2.37. The van der Waals surface area contributed by atoms with Crippen molar-refractivity contribution < 1.29 is 9.50 Å². The molecular formula is C15H13FN2O2. The number of benzene rings is 2. The number of fused-ring (bicyclic) bond motifs is 1. The van der Waals surface area contributed by atoms with Crippen LogP contribution in [0.1, 0.15) is 22.8 Å². The lowest BCUT2D eigenvalue weighted by molar-refractivity contribution is 0.214. The fourth-order valence-corrected chi connectivity index (χ4v) is 2.37. The van der Waals surface area contributed by atoms with Gasteiger partial charge in [0.15, 0.2) is 0 Å². The average molecular weight is 272 g/mol. The van der Waals surface area contributed by atoms with E-state index in [1.165, 1.54) is 6.07 Å². The number of aliphatic hydroxyl groups is 1. The third kappa shape index (κ3) is 2.02. The topological polar surface area (TPSA) is 68.9 Å². The molecule has 0 bridgehead atoms. The third-order valence-electron chi connectivity index (χ3n) is 3.40. The first-order valence-corrected chi connectivity index (χ1v) is 6.21. The van der Waals surface area contributed by atoms with E-state index in [1.807, 2.05) is 6.92 Å². The smallest absolute Gasteiger partial charge is 0.323 e. The molecule has 2 aromatic carbocycles. The number of H-pyrrole nitrogens is 2. The minimum atomic E-state index is -1.07. The molecule has 20 heavy (non-hydrogen) atoms. The Morgan fingerprint density at radius 1 is 1.10 bits per heavy atom. The Hall–Kier alpha value is -2.40. The fraction of sp³-hybridized carbons (Fsp3) is 0.133. The summed E-state index contributed by atoms with van der Waals surface area (Å²) < 4.78 is 13.8. The van der Waals surface area contributed by atoms with Gasteiger partial charge in [0.25, 0.3) is 0 Å². The van der Waals surface area contributed by atoms with E-state index in [4.69, 9.17) is 0 Å². The Balaban J connectivity index is 2.16. The third-order valence-corrected chi connectivity index (χ3v) is 3.40. The molecule has 0 radical (unpaired) electrons. The highest BCUT2D eigenvalue weighted by atomic mass is 19.1. The van der Waals surface area contributed by atoms with Crippen molar-refractivity contribution in [3.63, 3.8) is 0 Å². The van der Waals surface area contributed by atoms with Crippen LogP contribution >= 0.6 is 0 Å². The maximum absolute atomic E-state index is 13.8. The van der Waals surface area contributed by atoms with Gasteiger partial charge in [-0.2, -0.15) is 0 Å². The quantitative estimate of drug-likeness (QED) is 0.670. The van der Waals surface area contributed by atoms with E-state index in [0.717, 1.165) is 5.56 Å². The summed E-state index contributed by atoms with van der Waals surface area (Å²) in [5, 5.41) is 10.4. The SMILES string of the molecule is Cc1cc2[nH]c(=O)[nH]c2cc1C(O)c1ccccc1F. The molecule has 0 saturated heterocycles. The molecule has 0 saturated carbocycles. The monoisotopic (exact) mass is 272 g/mol. The summed E-state index contributed by atoms with van der Waals surface area (Å²) >= 11 is 0. The van der Waals surface area contributed by atoms with Crippen LogP contribution in [0.5, 0.6) is 0 Å². The van der Waals surface area contributed by atoms with Crippen molar-refractivity contribution in [2.45, 2.75) is 13.0 Å². The van der Waals surface area contributed by atoms with Gasteiger partial charge in [-0.15, -0.1) is 0 Å². The largest absolute Gasteiger partial charge is 0.384 e. The number of aryl methyl sites for hydroxylation is 1. The zero-order valence-corrected chi connectivity index (χ0v) is 10.8. The van der Waals surface area contributed by atoms with Crippen LogP contribution in [-0.4, -0.2) is 15.1 Å². The van der Waals surface area contributed by atoms with Crippen LogP contribution in [-0.2, 0) is 0 Å². The summed E-state index contributed by atoms with van der Waals surface area (Å²) in [4.78, 5) is 16.6. The van der Waals surface area contributed by atoms with Crippen molar-refractivity contribution in [2.24, 2.45) is 0 Å². The zero-order chi connectivity index (χ0) is 14.3. The molecule has 0 amide bonds. The van der Waals surface area contributed by atoms with E-state index in [1.54, 1.807) is 30.3 Å². The summed E-state index contributed by atoms with van der Waals surface area (Å²) in [6, 6.07) is 9.53. The van der Waals surface area contributed by atoms with Gasteiger partial charge in [0, 0.05) is 5.56 Å². The predicted octanol–water partition coefficient (Wildman–Crippen LogP) is 2.39. The van der Waals surface area contributed by atoms with Gasteiger partial charge in [-0.3, -0.25) is 0 Å². The average Bonchev–Trinajstić information content (AvgIpc) is 2.76. The van der Waals surface area contributed by atoms with Gasteiger partial charge < -0.3 is 15.1 Å². The van der Waals surface area contributed by atoms with Gasteiger partial charge in [-0.1, -0.05) is 18.2 Å². The van der Waals surface area contributed by atoms with Crippen LogP contribution in [0.15, 0.2) is 41.2 Å². The second kappa shape index (κ2) is 4.61. The lowest BCUT2D eigenvalue weighted by Gasteiger charge is -2.15. The van der Waals surface area contributed by atoms with Crippen molar-refractivity contribution in [3.8, 4) is 0 Å². The Morgan fingerprint density at radius 2 is 1.75 bits per heavy atom. The molecule has 0 aliphatic carbocycles. The van der Waals surface area contributed by atoms with Crippen LogP contribution in [0.25, 0.3) is 11.0 Å². The minimum absolute atomic E-state index is 0.216. The Labute approximate surface area is 113 Å². The predicted molar refractivity (Wildman–Crippen MR) is 74.1 cm³/mol. The highest BCUT2D eigenvalue weighted by Gasteiger charge is 2.17. The molecule has 3 N–H and O–H groups in total. The number of imidazole rings is 1. The van der Waals surface area contributed by atoms with Crippen LogP contribution in [0, 0.1) is 12.7 Å². The van der Waals surface area contributed by atoms with Gasteiger partial charge in [0.05, 0.1) is 11.0 Å². The Bertz CT molecular complexity index is 835. The van der Waals surface area contributed by atoms with Crippen LogP contribution in [0.4, 0.5) is 4.39 Å². The Morgan fingerprint density at radius 3 is 2.45 bits per heavy atom. The molecule has 102 valence electrons. The summed E-state index contributed by atoms with van der Waals surface area (Å²) in [7, 11) is 0. The van der Waals surface area contributed by atoms with E-state index in [2.05, 4.69) is 9.97 Å². The number of nitrogens with one attached hydrogen (secondary N) is 2. The van der Waals surface area contributed by atoms with Crippen molar-refractivity contribution >= 4 is 11.0 Å². The van der Waals surface area contributed by atoms with E-state index in [-0.39, 0.29) is 11.3 Å². The van der Waals surface area contributed by atoms with Gasteiger partial charge in [-0.25, -0.2) is 9.18 Å². The number of aliphatic hydroxyl groups excluding tert-OH is 1. The summed E-state index contributed by atoms with van der Waals surface area (Å²) in [5.74, 6) is -0.456. The lowest BCUT2D eigenvalue weighted by atomic mass is 9.96. The van der Waals surface area contributed by atoms with E-state index >= 15 is 0 Å². The summed E-state index contributed by atoms with van der Waals surface area (Å²) in [6.45, 7) is 1.81. The van der Waals surface area contributed by atoms with Crippen molar-refractivity contribution in [3.05, 3.63) is 69.4 Å². The van der Waals surface area contributed by atoms with Crippen molar-refractivity contribution in [2.75, 3.05) is 0 Å². The van der Waals surface area contributed by atoms with Crippen molar-refractivity contribution in [1.82, 2.24) is 9.97 Å². The molecule has 0 fully saturated rings. The van der Waals surface area contributed by atoms with Gasteiger partial charge >= 0.3 is 5.69 Å². The number of hydrogen-bond acceptors (Lipinski definition) is 2. The molecule has 1 aromatic heterocycles. The summed E-state index contributed by atoms with van der Waals surface area (Å²) in [5.41, 5.74) is 2.51. The Kier molecular flexibility index (Phi) is 2.91. The maximum Gasteiger partial charge on any atom is 0.323 e. The number of aromatic amines is 2. The van der Waals surface area contributed by atoms with Crippen LogP contribution in [0.2, 0.25) is 0 Å². The normalized spacial score (nSPS) is 12.8. The van der Waals surface area contributed by atoms with Crippen LogP contribution < -0.4 is 5.69 Å². The molecule has 3 rings (SSSR count). The highest BCUT2D eigenvalue weighted by molar-refractivity contribution is 5.76. The molecule has 1 heterocycles. The molecule has 3 aromatic rings. The first-order chi connectivity index (χ1) is 9.56. The number of hydrogen-bond donors (Lipinski definition) is 3. The molecule has 0 aliphatic heterocycles. The molecule has 1 unspecified atom stereocenters. The van der Waals surface area contributed by atoms with Crippen LogP contribution in [0.3, 0.4) is 0 Å². The number of aromatic nitrogens is 2. The molecule has 1 atom stereocenters. The highest BCUT2D eigenvalue weighted by Crippen LogP contribution is 2.28. The molecule has 0 spiro atoms. The van der Waals surface area contributed by atoms with E-state index < -0.39 is 11.9 Å². The minimum Gasteiger partial charge on any atom is -0.384 e. The molecule has 5 heteroatoms. The second-order valence-electron chi connectivity index (χ2n) is 4.76. The first kappa shape index (κ1) is 12.6. The van der Waals surface area contributed by atoms with Gasteiger partial charge in [0.1, 0.15) is 11.9 Å². The number of halogens is 1. The number of rotatable bonds is 2. The zero-order valence-electron chi connectivity index (χ0n) is 10.8.